The Balaban J connectivity index is 0.000000261. The van der Waals surface area contributed by atoms with Crippen molar-refractivity contribution in [1.29, 1.82) is 0 Å². The van der Waals surface area contributed by atoms with Crippen LogP contribution in [0.3, 0.4) is 0 Å². The molecule has 5 nitrogen and oxygen atoms in total. The molecule has 0 atom stereocenters. The third kappa shape index (κ3) is 8.17. The summed E-state index contributed by atoms with van der Waals surface area (Å²) in [6.45, 7) is 3.12. The van der Waals surface area contributed by atoms with Gasteiger partial charge in [-0.2, -0.15) is 17.6 Å². The van der Waals surface area contributed by atoms with Crippen molar-refractivity contribution in [3.8, 4) is 0 Å². The van der Waals surface area contributed by atoms with Gasteiger partial charge in [0.15, 0.2) is 24.8 Å². The number of carbonyl (C=O) groups excluding carboxylic acids is 1. The first-order chi connectivity index (χ1) is 17.3. The SMILES string of the molecule is C=C(C)C(=O)OCCC(F)(F)C(F)(F)S(=O)(=O)[O-].c1ccc([S+](c2ccccc2)c2ccccc2)cc1. The highest BCUT2D eigenvalue weighted by Crippen LogP contribution is 2.40. The van der Waals surface area contributed by atoms with Crippen LogP contribution >= 0.6 is 0 Å². The Kier molecular flexibility index (Phi) is 10.5. The second-order valence-corrected chi connectivity index (χ2v) is 11.0. The standard InChI is InChI=1S/C18H15S.C8H10F4O5S/c1-4-10-16(11-5-1)19(17-12-6-2-7-13-17)18-14-8-3-9-15-18;1-5(2)6(13)17-4-3-7(9,10)8(11,12)18(14,15)16/h1-15H;1,3-4H2,2H3,(H,14,15,16)/q+1;/p-1. The van der Waals surface area contributed by atoms with Crippen LogP contribution < -0.4 is 0 Å². The van der Waals surface area contributed by atoms with Crippen molar-refractivity contribution in [3.05, 3.63) is 103 Å². The number of hydrogen-bond acceptors (Lipinski definition) is 5. The maximum Gasteiger partial charge on any atom is 0.396 e. The molecule has 198 valence electrons. The lowest BCUT2D eigenvalue weighted by Crippen LogP contribution is -2.47. The molecule has 0 aromatic heterocycles. The highest BCUT2D eigenvalue weighted by Gasteiger charge is 2.61. The topological polar surface area (TPSA) is 83.5 Å². The van der Waals surface area contributed by atoms with Crippen LogP contribution in [0.15, 0.2) is 118 Å². The first kappa shape index (κ1) is 30.1. The molecule has 0 amide bonds. The maximum atomic E-state index is 12.8. The lowest BCUT2D eigenvalue weighted by molar-refractivity contribution is -0.173. The molecule has 3 aromatic carbocycles. The molecule has 0 aliphatic rings. The zero-order chi connectivity index (χ0) is 27.7. The van der Waals surface area contributed by atoms with Crippen LogP contribution in [0.25, 0.3) is 0 Å². The van der Waals surface area contributed by atoms with Crippen LogP contribution in [0.4, 0.5) is 17.6 Å². The van der Waals surface area contributed by atoms with E-state index in [9.17, 15) is 35.3 Å². The molecule has 0 unspecified atom stereocenters. The van der Waals surface area contributed by atoms with Crippen LogP contribution in [0, 0.1) is 0 Å². The molecular weight excluding hydrogens is 532 g/mol. The van der Waals surface area contributed by atoms with Crippen molar-refractivity contribution in [2.24, 2.45) is 0 Å². The van der Waals surface area contributed by atoms with Crippen LogP contribution in [0.2, 0.25) is 0 Å². The number of halogens is 4. The number of hydrogen-bond donors (Lipinski definition) is 0. The van der Waals surface area contributed by atoms with Gasteiger partial charge in [0.05, 0.1) is 23.9 Å². The molecule has 0 spiro atoms. The Hall–Kier alpha value is -3.15. The number of carbonyl (C=O) groups is 1. The molecule has 3 rings (SSSR count). The van der Waals surface area contributed by atoms with Crippen LogP contribution in [0.1, 0.15) is 13.3 Å². The summed E-state index contributed by atoms with van der Waals surface area (Å²) in [7, 11) is -6.53. The van der Waals surface area contributed by atoms with Gasteiger partial charge in [-0.15, -0.1) is 0 Å². The number of esters is 1. The first-order valence-corrected chi connectivity index (χ1v) is 13.3. The fourth-order valence-electron chi connectivity index (χ4n) is 2.80. The third-order valence-corrected chi connectivity index (χ3v) is 7.83. The van der Waals surface area contributed by atoms with Gasteiger partial charge in [-0.1, -0.05) is 61.2 Å². The number of benzene rings is 3. The molecule has 0 aliphatic carbocycles. The molecule has 0 heterocycles. The summed E-state index contributed by atoms with van der Waals surface area (Å²) in [5.41, 5.74) is -0.151. The highest BCUT2D eigenvalue weighted by molar-refractivity contribution is 7.97. The second kappa shape index (κ2) is 12.9. The van der Waals surface area contributed by atoms with Crippen LogP contribution in [0.5, 0.6) is 0 Å². The van der Waals surface area contributed by atoms with E-state index in [1.165, 1.54) is 21.6 Å². The Bertz CT molecular complexity index is 1180. The summed E-state index contributed by atoms with van der Waals surface area (Å²) in [5.74, 6) is -6.23. The third-order valence-electron chi connectivity index (χ3n) is 4.67. The normalized spacial score (nSPS) is 11.9. The summed E-state index contributed by atoms with van der Waals surface area (Å²) < 4.78 is 84.9. The molecule has 0 fully saturated rings. The van der Waals surface area contributed by atoms with Gasteiger partial charge < -0.3 is 9.29 Å². The molecule has 3 aromatic rings. The van der Waals surface area contributed by atoms with E-state index in [0.717, 1.165) is 0 Å². The van der Waals surface area contributed by atoms with Gasteiger partial charge in [0.25, 0.3) is 0 Å². The van der Waals surface area contributed by atoms with E-state index in [1.54, 1.807) is 0 Å². The molecule has 0 saturated carbocycles. The summed E-state index contributed by atoms with van der Waals surface area (Å²) in [6.07, 6.45) is -1.81. The predicted octanol–water partition coefficient (Wildman–Crippen LogP) is 6.05. The van der Waals surface area contributed by atoms with E-state index in [4.69, 9.17) is 0 Å². The molecule has 0 N–H and O–H groups in total. The van der Waals surface area contributed by atoms with Crippen molar-refractivity contribution in [2.45, 2.75) is 39.2 Å². The van der Waals surface area contributed by atoms with Crippen LogP contribution in [-0.2, 0) is 30.5 Å². The predicted molar refractivity (Wildman–Crippen MR) is 131 cm³/mol. The Labute approximate surface area is 215 Å². The largest absolute Gasteiger partial charge is 0.743 e. The average molecular weight is 557 g/mol. The Morgan fingerprint density at radius 3 is 1.49 bits per heavy atom. The van der Waals surface area contributed by atoms with E-state index < -0.39 is 40.3 Å². The van der Waals surface area contributed by atoms with E-state index in [2.05, 4.69) is 102 Å². The zero-order valence-electron chi connectivity index (χ0n) is 19.7. The second-order valence-electron chi connectivity index (χ2n) is 7.59. The molecule has 0 aliphatic heterocycles. The smallest absolute Gasteiger partial charge is 0.396 e. The summed E-state index contributed by atoms with van der Waals surface area (Å²) >= 11 is 0. The maximum absolute atomic E-state index is 12.8. The molecule has 0 saturated heterocycles. The van der Waals surface area contributed by atoms with Crippen molar-refractivity contribution in [2.75, 3.05) is 6.61 Å². The monoisotopic (exact) mass is 556 g/mol. The minimum atomic E-state index is -6.52. The summed E-state index contributed by atoms with van der Waals surface area (Å²) in [5, 5.41) is -5.77. The fourth-order valence-corrected chi connectivity index (χ4v) is 5.37. The number of ether oxygens (including phenoxy) is 1. The van der Waals surface area contributed by atoms with E-state index in [-0.39, 0.29) is 16.5 Å². The molecule has 0 bridgehead atoms. The highest BCUT2D eigenvalue weighted by atomic mass is 32.2. The lowest BCUT2D eigenvalue weighted by Gasteiger charge is -2.28. The molecular formula is C26H24F4O5S2. The van der Waals surface area contributed by atoms with Gasteiger partial charge in [-0.25, -0.2) is 13.2 Å². The Morgan fingerprint density at radius 1 is 0.838 bits per heavy atom. The molecule has 11 heteroatoms. The average Bonchev–Trinajstić information content (AvgIpc) is 2.85. The van der Waals surface area contributed by atoms with E-state index >= 15 is 0 Å². The van der Waals surface area contributed by atoms with Gasteiger partial charge in [-0.05, 0) is 43.3 Å². The van der Waals surface area contributed by atoms with Crippen molar-refractivity contribution in [1.82, 2.24) is 0 Å². The summed E-state index contributed by atoms with van der Waals surface area (Å²) in [4.78, 5) is 14.8. The zero-order valence-corrected chi connectivity index (χ0v) is 21.3. The first-order valence-electron chi connectivity index (χ1n) is 10.7. The quantitative estimate of drug-likeness (QED) is 0.105. The molecule has 0 radical (unpaired) electrons. The van der Waals surface area contributed by atoms with Gasteiger partial charge in [0.2, 0.25) is 0 Å². The van der Waals surface area contributed by atoms with Gasteiger partial charge in [0, 0.05) is 5.57 Å². The van der Waals surface area contributed by atoms with Gasteiger partial charge in [-0.3, -0.25) is 0 Å². The number of rotatable bonds is 9. The van der Waals surface area contributed by atoms with E-state index in [0.29, 0.717) is 0 Å². The fraction of sp³-hybridized carbons (Fsp3) is 0.192. The van der Waals surface area contributed by atoms with Crippen LogP contribution in [-0.4, -0.2) is 36.7 Å². The lowest BCUT2D eigenvalue weighted by atomic mass is 10.2. The minimum Gasteiger partial charge on any atom is -0.743 e. The number of alkyl halides is 4. The molecule has 37 heavy (non-hydrogen) atoms. The van der Waals surface area contributed by atoms with Crippen molar-refractivity contribution in [3.63, 3.8) is 0 Å². The van der Waals surface area contributed by atoms with Gasteiger partial charge >= 0.3 is 17.1 Å². The minimum absolute atomic E-state index is 0.0146. The Morgan fingerprint density at radius 2 is 1.19 bits per heavy atom. The van der Waals surface area contributed by atoms with Crippen molar-refractivity contribution >= 4 is 27.0 Å². The summed E-state index contributed by atoms with van der Waals surface area (Å²) in [6, 6.07) is 32.2. The van der Waals surface area contributed by atoms with Crippen molar-refractivity contribution < 1.29 is 40.1 Å². The van der Waals surface area contributed by atoms with E-state index in [1.807, 2.05) is 0 Å². The van der Waals surface area contributed by atoms with Gasteiger partial charge in [0.1, 0.15) is 0 Å².